The largest absolute Gasteiger partial charge is 0.490 e. The minimum Gasteiger partial charge on any atom is -0.475 e. The molecule has 1 aromatic heterocycles. The van der Waals surface area contributed by atoms with Crippen LogP contribution in [0.5, 0.6) is 0 Å². The number of carboxylic acid groups (broad SMARTS) is 1. The van der Waals surface area contributed by atoms with Crippen LogP contribution in [0.3, 0.4) is 0 Å². The van der Waals surface area contributed by atoms with Gasteiger partial charge in [0, 0.05) is 25.2 Å². The Bertz CT molecular complexity index is 961. The molecule has 2 N–H and O–H groups in total. The number of hydrogen-bond donors (Lipinski definition) is 2. The minimum absolute atomic E-state index is 0.0729. The first-order valence-corrected chi connectivity index (χ1v) is 9.89. The van der Waals surface area contributed by atoms with E-state index in [1.165, 1.54) is 18.8 Å². The van der Waals surface area contributed by atoms with Gasteiger partial charge in [-0.3, -0.25) is 4.90 Å². The first-order valence-electron chi connectivity index (χ1n) is 9.89. The molecule has 4 rings (SSSR count). The fourth-order valence-corrected chi connectivity index (χ4v) is 3.92. The smallest absolute Gasteiger partial charge is 0.475 e. The maximum atomic E-state index is 13.4. The molecule has 33 heavy (non-hydrogen) atoms. The lowest BCUT2D eigenvalue weighted by atomic mass is 9.90. The quantitative estimate of drug-likeness (QED) is 0.639. The van der Waals surface area contributed by atoms with E-state index in [-0.39, 0.29) is 11.5 Å². The van der Waals surface area contributed by atoms with E-state index in [4.69, 9.17) is 14.3 Å². The van der Waals surface area contributed by atoms with Crippen LogP contribution in [0.15, 0.2) is 28.9 Å². The lowest BCUT2D eigenvalue weighted by Gasteiger charge is -2.24. The molecule has 0 amide bonds. The van der Waals surface area contributed by atoms with Gasteiger partial charge in [-0.2, -0.15) is 26.3 Å². The molecule has 0 bridgehead atoms. The molecule has 13 heteroatoms. The van der Waals surface area contributed by atoms with Crippen molar-refractivity contribution in [2.75, 3.05) is 26.2 Å². The summed E-state index contributed by atoms with van der Waals surface area (Å²) in [7, 11) is 0. The highest BCUT2D eigenvalue weighted by atomic mass is 19.4. The number of likely N-dealkylation sites (tertiary alicyclic amines) is 1. The van der Waals surface area contributed by atoms with Gasteiger partial charge in [0.2, 0.25) is 5.89 Å². The lowest BCUT2D eigenvalue weighted by molar-refractivity contribution is -0.192. The SMILES string of the molecule is Fc1ccc(-c2nc(CN3C[C@H]4CNCC[C@H]4C3)co2)cc1C(F)(F)F.O=C(O)C(F)(F)F. The molecule has 0 radical (unpaired) electrons. The molecule has 2 aromatic rings. The van der Waals surface area contributed by atoms with Gasteiger partial charge >= 0.3 is 18.3 Å². The number of piperidine rings is 1. The number of oxazole rings is 1. The predicted octanol–water partition coefficient (Wildman–Crippen LogP) is 4.17. The third-order valence-electron chi connectivity index (χ3n) is 5.45. The Morgan fingerprint density at radius 2 is 1.85 bits per heavy atom. The number of nitrogens with zero attached hydrogens (tertiary/aromatic N) is 2. The number of rotatable bonds is 3. The molecule has 1 aromatic carbocycles. The summed E-state index contributed by atoms with van der Waals surface area (Å²) < 4.78 is 89.1. The Morgan fingerprint density at radius 1 is 1.18 bits per heavy atom. The first-order chi connectivity index (χ1) is 15.3. The number of benzene rings is 1. The third kappa shape index (κ3) is 6.44. The van der Waals surface area contributed by atoms with E-state index in [0.717, 1.165) is 38.3 Å². The van der Waals surface area contributed by atoms with E-state index < -0.39 is 29.7 Å². The zero-order valence-corrected chi connectivity index (χ0v) is 17.0. The summed E-state index contributed by atoms with van der Waals surface area (Å²) >= 11 is 0. The average molecular weight is 483 g/mol. The van der Waals surface area contributed by atoms with E-state index in [1.807, 2.05) is 0 Å². The Balaban J connectivity index is 0.000000383. The Hall–Kier alpha value is -2.67. The average Bonchev–Trinajstić information content (AvgIpc) is 3.34. The van der Waals surface area contributed by atoms with Crippen molar-refractivity contribution >= 4 is 5.97 Å². The normalized spacial score (nSPS) is 21.3. The molecule has 0 aliphatic carbocycles. The Kier molecular flexibility index (Phi) is 7.32. The number of nitrogens with one attached hydrogen (secondary N) is 1. The number of alkyl halides is 6. The van der Waals surface area contributed by atoms with Gasteiger partial charge in [0.05, 0.1) is 11.3 Å². The van der Waals surface area contributed by atoms with Crippen molar-refractivity contribution in [3.05, 3.63) is 41.5 Å². The summed E-state index contributed by atoms with van der Waals surface area (Å²) in [6.45, 7) is 4.66. The lowest BCUT2D eigenvalue weighted by Crippen LogP contribution is -2.35. The van der Waals surface area contributed by atoms with E-state index in [0.29, 0.717) is 24.1 Å². The molecule has 2 fully saturated rings. The summed E-state index contributed by atoms with van der Waals surface area (Å²) in [6, 6.07) is 2.78. The zero-order valence-electron chi connectivity index (χ0n) is 17.0. The van der Waals surface area contributed by atoms with E-state index in [9.17, 15) is 30.7 Å². The number of halogens is 7. The van der Waals surface area contributed by atoms with E-state index in [1.54, 1.807) is 0 Å². The molecule has 2 atom stereocenters. The summed E-state index contributed by atoms with van der Waals surface area (Å²) in [5.41, 5.74) is -0.528. The highest BCUT2D eigenvalue weighted by molar-refractivity contribution is 5.73. The molecule has 0 unspecified atom stereocenters. The summed E-state index contributed by atoms with van der Waals surface area (Å²) in [5.74, 6) is -2.66. The Morgan fingerprint density at radius 3 is 2.45 bits per heavy atom. The maximum absolute atomic E-state index is 13.4. The van der Waals surface area contributed by atoms with Crippen LogP contribution in [-0.2, 0) is 17.5 Å². The molecule has 0 spiro atoms. The molecule has 3 heterocycles. The summed E-state index contributed by atoms with van der Waals surface area (Å²) in [6.07, 6.45) is -7.21. The predicted molar refractivity (Wildman–Crippen MR) is 100 cm³/mol. The molecule has 2 aliphatic rings. The molecule has 6 nitrogen and oxygen atoms in total. The second kappa shape index (κ2) is 9.67. The van der Waals surface area contributed by atoms with Crippen molar-refractivity contribution < 1.29 is 45.1 Å². The second-order valence-corrected chi connectivity index (χ2v) is 7.85. The van der Waals surface area contributed by atoms with Crippen molar-refractivity contribution in [3.8, 4) is 11.5 Å². The van der Waals surface area contributed by atoms with Crippen molar-refractivity contribution in [3.63, 3.8) is 0 Å². The molecule has 182 valence electrons. The van der Waals surface area contributed by atoms with Gasteiger partial charge in [0.15, 0.2) is 0 Å². The molecule has 2 saturated heterocycles. The number of hydrogen-bond acceptors (Lipinski definition) is 5. The van der Waals surface area contributed by atoms with Crippen LogP contribution in [0.1, 0.15) is 17.7 Å². The van der Waals surface area contributed by atoms with Gasteiger partial charge in [0.25, 0.3) is 0 Å². The van der Waals surface area contributed by atoms with Crippen LogP contribution in [0, 0.1) is 17.7 Å². The van der Waals surface area contributed by atoms with Gasteiger partial charge < -0.3 is 14.8 Å². The van der Waals surface area contributed by atoms with E-state index in [2.05, 4.69) is 15.2 Å². The van der Waals surface area contributed by atoms with Gasteiger partial charge in [-0.25, -0.2) is 14.2 Å². The summed E-state index contributed by atoms with van der Waals surface area (Å²) in [4.78, 5) is 15.5. The van der Waals surface area contributed by atoms with Gasteiger partial charge in [-0.1, -0.05) is 0 Å². The second-order valence-electron chi connectivity index (χ2n) is 7.85. The zero-order chi connectivity index (χ0) is 24.4. The number of carbonyl (C=O) groups is 1. The van der Waals surface area contributed by atoms with Crippen LogP contribution >= 0.6 is 0 Å². The minimum atomic E-state index is -5.08. The molecular weight excluding hydrogens is 463 g/mol. The topological polar surface area (TPSA) is 78.6 Å². The van der Waals surface area contributed by atoms with Crippen LogP contribution in [0.25, 0.3) is 11.5 Å². The molecule has 0 saturated carbocycles. The highest BCUT2D eigenvalue weighted by Gasteiger charge is 2.38. The number of aliphatic carboxylic acids is 1. The maximum Gasteiger partial charge on any atom is 0.490 e. The van der Waals surface area contributed by atoms with Crippen LogP contribution < -0.4 is 5.32 Å². The fourth-order valence-electron chi connectivity index (χ4n) is 3.92. The van der Waals surface area contributed by atoms with Gasteiger partial charge in [0.1, 0.15) is 12.1 Å². The monoisotopic (exact) mass is 483 g/mol. The van der Waals surface area contributed by atoms with Gasteiger partial charge in [-0.05, 0) is 49.5 Å². The van der Waals surface area contributed by atoms with Crippen LogP contribution in [0.4, 0.5) is 30.7 Å². The van der Waals surface area contributed by atoms with E-state index >= 15 is 0 Å². The van der Waals surface area contributed by atoms with Crippen molar-refractivity contribution in [2.45, 2.75) is 25.3 Å². The summed E-state index contributed by atoms with van der Waals surface area (Å²) in [5, 5.41) is 10.5. The molecule has 2 aliphatic heterocycles. The fraction of sp³-hybridized carbons (Fsp3) is 0.500. The van der Waals surface area contributed by atoms with Gasteiger partial charge in [-0.15, -0.1) is 0 Å². The molecular formula is C20H20F7N3O3. The number of carboxylic acids is 1. The van der Waals surface area contributed by atoms with Crippen LogP contribution in [-0.4, -0.2) is 53.3 Å². The van der Waals surface area contributed by atoms with Crippen LogP contribution in [0.2, 0.25) is 0 Å². The Labute approximate surface area is 183 Å². The standard InChI is InChI=1S/C18H19F4N3O.C2HF3O2/c19-16-2-1-11(5-15(16)18(20,21)22)17-24-14(10-26-17)9-25-7-12-3-4-23-6-13(12)8-25;3-2(4,5)1(6)7/h1-2,5,10,12-13,23H,3-4,6-9H2;(H,6,7)/t12-,13+;/m0./s1. The number of aromatic nitrogens is 1. The third-order valence-corrected chi connectivity index (χ3v) is 5.45. The number of fused-ring (bicyclic) bond motifs is 1. The van der Waals surface area contributed by atoms with Crippen molar-refractivity contribution in [2.24, 2.45) is 11.8 Å². The van der Waals surface area contributed by atoms with Crippen molar-refractivity contribution in [1.82, 2.24) is 15.2 Å². The highest BCUT2D eigenvalue weighted by Crippen LogP contribution is 2.34. The van der Waals surface area contributed by atoms with Crippen molar-refractivity contribution in [1.29, 1.82) is 0 Å². The first kappa shape index (κ1) is 25.0.